The first-order valence-electron chi connectivity index (χ1n) is 9.39. The Morgan fingerprint density at radius 3 is 2.23 bits per heavy atom. The van der Waals surface area contributed by atoms with Crippen LogP contribution in [0.5, 0.6) is 0 Å². The molecule has 2 amide bonds. The van der Waals surface area contributed by atoms with Crippen LogP contribution in [0.4, 0.5) is 0 Å². The Kier molecular flexibility index (Phi) is 4.93. The lowest BCUT2D eigenvalue weighted by molar-refractivity contribution is -0.167. The molecule has 4 aromatic rings. The predicted octanol–water partition coefficient (Wildman–Crippen LogP) is 4.84. The van der Waals surface area contributed by atoms with Crippen LogP contribution >= 0.6 is 22.7 Å². The van der Waals surface area contributed by atoms with Crippen LogP contribution in [0.2, 0.25) is 0 Å². The standard InChI is InChI=1S/C23H14N2O4S2/c26-19(29-25-22(27)15-9-4-5-10-16(15)23(25)28)13-18-20(14-7-2-1-3-8-14)24-21(31-18)17-11-6-12-30-17/h1-12H,13H2. The summed E-state index contributed by atoms with van der Waals surface area (Å²) in [7, 11) is 0. The molecule has 0 atom stereocenters. The van der Waals surface area contributed by atoms with Gasteiger partial charge < -0.3 is 4.84 Å². The number of aromatic nitrogens is 1. The van der Waals surface area contributed by atoms with Gasteiger partial charge in [-0.05, 0) is 23.6 Å². The Balaban J connectivity index is 1.41. The fraction of sp³-hybridized carbons (Fsp3) is 0.0435. The minimum Gasteiger partial charge on any atom is -0.329 e. The highest BCUT2D eigenvalue weighted by atomic mass is 32.1. The number of thiophene rings is 1. The van der Waals surface area contributed by atoms with E-state index in [0.717, 1.165) is 15.4 Å². The number of hydrogen-bond donors (Lipinski definition) is 0. The molecule has 0 bridgehead atoms. The van der Waals surface area contributed by atoms with Crippen molar-refractivity contribution < 1.29 is 19.2 Å². The van der Waals surface area contributed by atoms with Gasteiger partial charge in [0.2, 0.25) is 0 Å². The van der Waals surface area contributed by atoms with Crippen molar-refractivity contribution in [3.63, 3.8) is 0 Å². The Labute approximate surface area is 185 Å². The fourth-order valence-corrected chi connectivity index (χ4v) is 5.18. The Morgan fingerprint density at radius 1 is 0.903 bits per heavy atom. The van der Waals surface area contributed by atoms with Gasteiger partial charge in [-0.2, -0.15) is 0 Å². The molecular formula is C23H14N2O4S2. The summed E-state index contributed by atoms with van der Waals surface area (Å²) in [6, 6.07) is 19.9. The maximum absolute atomic E-state index is 12.7. The molecule has 0 spiro atoms. The number of rotatable bonds is 5. The van der Waals surface area contributed by atoms with E-state index in [4.69, 9.17) is 9.82 Å². The third kappa shape index (κ3) is 3.56. The predicted molar refractivity (Wildman–Crippen MR) is 118 cm³/mol. The summed E-state index contributed by atoms with van der Waals surface area (Å²) in [5.74, 6) is -1.98. The molecule has 2 aromatic heterocycles. The molecule has 8 heteroatoms. The van der Waals surface area contributed by atoms with Crippen LogP contribution < -0.4 is 0 Å². The maximum Gasteiger partial charge on any atom is 0.338 e. The molecule has 0 aliphatic carbocycles. The number of thiazole rings is 1. The van der Waals surface area contributed by atoms with Crippen molar-refractivity contribution in [1.29, 1.82) is 0 Å². The number of benzene rings is 2. The molecule has 152 valence electrons. The molecule has 2 aromatic carbocycles. The SMILES string of the molecule is O=C(Cc1sc(-c2cccs2)nc1-c1ccccc1)ON1C(=O)c2ccccc2C1=O. The minimum atomic E-state index is -0.701. The second kappa shape index (κ2) is 7.90. The molecule has 31 heavy (non-hydrogen) atoms. The first kappa shape index (κ1) is 19.3. The number of hydroxylamine groups is 2. The van der Waals surface area contributed by atoms with Gasteiger partial charge in [-0.25, -0.2) is 9.78 Å². The van der Waals surface area contributed by atoms with Crippen LogP contribution in [0.25, 0.3) is 21.1 Å². The number of nitrogens with zero attached hydrogens (tertiary/aromatic N) is 2. The summed E-state index contributed by atoms with van der Waals surface area (Å²) in [6.45, 7) is 0. The van der Waals surface area contributed by atoms with E-state index in [1.807, 2.05) is 47.8 Å². The van der Waals surface area contributed by atoms with Gasteiger partial charge in [0.05, 0.1) is 28.1 Å². The van der Waals surface area contributed by atoms with Crippen LogP contribution in [-0.4, -0.2) is 27.8 Å². The molecule has 0 unspecified atom stereocenters. The highest BCUT2D eigenvalue weighted by Crippen LogP contribution is 2.36. The second-order valence-electron chi connectivity index (χ2n) is 6.72. The summed E-state index contributed by atoms with van der Waals surface area (Å²) in [5, 5.41) is 3.31. The van der Waals surface area contributed by atoms with Crippen LogP contribution in [0.3, 0.4) is 0 Å². The van der Waals surface area contributed by atoms with Crippen LogP contribution in [-0.2, 0) is 16.1 Å². The third-order valence-corrected chi connectivity index (χ3v) is 6.83. The molecule has 5 rings (SSSR count). The Morgan fingerprint density at radius 2 is 1.58 bits per heavy atom. The number of amides is 2. The average Bonchev–Trinajstić information content (AvgIpc) is 3.51. The Bertz CT molecular complexity index is 1260. The van der Waals surface area contributed by atoms with Gasteiger partial charge in [0.25, 0.3) is 11.8 Å². The molecule has 1 aliphatic heterocycles. The van der Waals surface area contributed by atoms with Gasteiger partial charge in [-0.15, -0.1) is 22.7 Å². The monoisotopic (exact) mass is 446 g/mol. The van der Waals surface area contributed by atoms with Crippen molar-refractivity contribution in [2.24, 2.45) is 0 Å². The highest BCUT2D eigenvalue weighted by molar-refractivity contribution is 7.21. The molecule has 3 heterocycles. The van der Waals surface area contributed by atoms with Gasteiger partial charge in [0.15, 0.2) is 0 Å². The second-order valence-corrected chi connectivity index (χ2v) is 8.76. The zero-order valence-corrected chi connectivity index (χ0v) is 17.6. The lowest BCUT2D eigenvalue weighted by Gasteiger charge is -2.12. The van der Waals surface area contributed by atoms with Gasteiger partial charge in [0.1, 0.15) is 5.01 Å². The van der Waals surface area contributed by atoms with E-state index in [-0.39, 0.29) is 17.5 Å². The molecule has 1 aliphatic rings. The van der Waals surface area contributed by atoms with Crippen LogP contribution in [0.1, 0.15) is 25.6 Å². The number of carbonyl (C=O) groups is 3. The summed E-state index contributed by atoms with van der Waals surface area (Å²) in [4.78, 5) is 49.3. The number of fused-ring (bicyclic) bond motifs is 1. The van der Waals surface area contributed by atoms with Crippen LogP contribution in [0.15, 0.2) is 72.1 Å². The molecular weight excluding hydrogens is 432 g/mol. The van der Waals surface area contributed by atoms with Gasteiger partial charge in [0, 0.05) is 10.4 Å². The quantitative estimate of drug-likeness (QED) is 0.410. The number of carbonyl (C=O) groups excluding carboxylic acids is 3. The number of imide groups is 1. The lowest BCUT2D eigenvalue weighted by Crippen LogP contribution is -2.33. The third-order valence-electron chi connectivity index (χ3n) is 4.73. The molecule has 0 saturated carbocycles. The van der Waals surface area contributed by atoms with Crippen molar-refractivity contribution in [2.45, 2.75) is 6.42 Å². The molecule has 0 fully saturated rings. The largest absolute Gasteiger partial charge is 0.338 e. The normalized spacial score (nSPS) is 12.8. The van der Waals surface area contributed by atoms with E-state index < -0.39 is 17.8 Å². The van der Waals surface area contributed by atoms with Crippen molar-refractivity contribution in [3.8, 4) is 21.1 Å². The fourth-order valence-electron chi connectivity index (χ4n) is 3.31. The van der Waals surface area contributed by atoms with E-state index >= 15 is 0 Å². The van der Waals surface area contributed by atoms with E-state index in [1.165, 1.54) is 23.5 Å². The topological polar surface area (TPSA) is 76.6 Å². The zero-order valence-electron chi connectivity index (χ0n) is 16.0. The van der Waals surface area contributed by atoms with Crippen molar-refractivity contribution in [1.82, 2.24) is 10.0 Å². The average molecular weight is 447 g/mol. The molecule has 0 N–H and O–H groups in total. The number of hydrogen-bond acceptors (Lipinski definition) is 7. The molecule has 0 radical (unpaired) electrons. The van der Waals surface area contributed by atoms with Crippen LogP contribution in [0, 0.1) is 0 Å². The van der Waals surface area contributed by atoms with Gasteiger partial charge in [-0.3, -0.25) is 9.59 Å². The van der Waals surface area contributed by atoms with E-state index in [0.29, 0.717) is 15.6 Å². The molecule has 0 saturated heterocycles. The van der Waals surface area contributed by atoms with Crippen molar-refractivity contribution in [3.05, 3.63) is 88.1 Å². The smallest absolute Gasteiger partial charge is 0.329 e. The lowest BCUT2D eigenvalue weighted by atomic mass is 10.1. The summed E-state index contributed by atoms with van der Waals surface area (Å²) >= 11 is 2.96. The Hall–Kier alpha value is -3.62. The maximum atomic E-state index is 12.7. The van der Waals surface area contributed by atoms with Gasteiger partial charge >= 0.3 is 5.97 Å². The molecule has 6 nitrogen and oxygen atoms in total. The summed E-state index contributed by atoms with van der Waals surface area (Å²) in [6.07, 6.45) is -0.110. The summed E-state index contributed by atoms with van der Waals surface area (Å²) in [5.41, 5.74) is 2.02. The highest BCUT2D eigenvalue weighted by Gasteiger charge is 2.38. The summed E-state index contributed by atoms with van der Waals surface area (Å²) < 4.78 is 0. The van der Waals surface area contributed by atoms with E-state index in [2.05, 4.69) is 0 Å². The first-order valence-corrected chi connectivity index (χ1v) is 11.1. The van der Waals surface area contributed by atoms with E-state index in [1.54, 1.807) is 23.5 Å². The first-order chi connectivity index (χ1) is 15.1. The zero-order chi connectivity index (χ0) is 21.4. The minimum absolute atomic E-state index is 0.110. The van der Waals surface area contributed by atoms with Crippen molar-refractivity contribution in [2.75, 3.05) is 0 Å². The van der Waals surface area contributed by atoms with E-state index in [9.17, 15) is 14.4 Å². The van der Waals surface area contributed by atoms with Crippen molar-refractivity contribution >= 4 is 40.5 Å². The van der Waals surface area contributed by atoms with Gasteiger partial charge in [-0.1, -0.05) is 53.6 Å².